The molecule has 4 aromatic rings. The van der Waals surface area contributed by atoms with E-state index in [2.05, 4.69) is 20.6 Å². The number of para-hydroxylation sites is 1. The molecule has 1 aliphatic rings. The number of allylic oxidation sites excluding steroid dienone is 1. The van der Waals surface area contributed by atoms with Crippen LogP contribution in [0.25, 0.3) is 16.6 Å². The van der Waals surface area contributed by atoms with Crippen LogP contribution in [0.3, 0.4) is 0 Å². The largest absolute Gasteiger partial charge is 0.360 e. The first-order valence-electron chi connectivity index (χ1n) is 10.9. The molecule has 0 bridgehead atoms. The van der Waals surface area contributed by atoms with Crippen LogP contribution in [-0.2, 0) is 6.42 Å². The number of nitrogens with one attached hydrogen (secondary N) is 2. The van der Waals surface area contributed by atoms with Gasteiger partial charge in [-0.2, -0.15) is 0 Å². The van der Waals surface area contributed by atoms with E-state index in [-0.39, 0.29) is 11.4 Å². The topological polar surface area (TPSA) is 84.7 Å². The zero-order chi connectivity index (χ0) is 22.9. The van der Waals surface area contributed by atoms with Gasteiger partial charge in [0.25, 0.3) is 5.56 Å². The van der Waals surface area contributed by atoms with Gasteiger partial charge in [0.05, 0.1) is 17.2 Å². The average molecular weight is 442 g/mol. The van der Waals surface area contributed by atoms with Crippen molar-refractivity contribution >= 4 is 22.5 Å². The number of aromatic nitrogens is 4. The molecule has 8 heteroatoms. The maximum absolute atomic E-state index is 14.6. The smallest absolute Gasteiger partial charge is 0.269 e. The van der Waals surface area contributed by atoms with Crippen LogP contribution in [-0.4, -0.2) is 19.5 Å². The van der Waals surface area contributed by atoms with Gasteiger partial charge in [0.2, 0.25) is 0 Å². The van der Waals surface area contributed by atoms with Crippen molar-refractivity contribution in [2.24, 2.45) is 0 Å². The highest BCUT2D eigenvalue weighted by atomic mass is 19.1. The van der Waals surface area contributed by atoms with E-state index in [1.165, 1.54) is 17.0 Å². The average Bonchev–Trinajstić information content (AvgIpc) is 2.83. The first-order chi connectivity index (χ1) is 16.1. The molecule has 0 unspecified atom stereocenters. The molecule has 2 aromatic carbocycles. The summed E-state index contributed by atoms with van der Waals surface area (Å²) in [4.78, 5) is 27.1. The van der Waals surface area contributed by atoms with E-state index in [4.69, 9.17) is 4.98 Å². The molecule has 0 radical (unpaired) electrons. The molecule has 0 aliphatic carbocycles. The minimum Gasteiger partial charge on any atom is -0.360 e. The van der Waals surface area contributed by atoms with E-state index in [1.807, 2.05) is 50.4 Å². The van der Waals surface area contributed by atoms with Gasteiger partial charge in [-0.05, 0) is 37.6 Å². The van der Waals surface area contributed by atoms with Crippen molar-refractivity contribution in [2.75, 3.05) is 10.6 Å². The number of halogens is 1. The lowest BCUT2D eigenvalue weighted by Crippen LogP contribution is -2.29. The highest BCUT2D eigenvalue weighted by molar-refractivity contribution is 5.78. The van der Waals surface area contributed by atoms with Crippen LogP contribution < -0.4 is 16.2 Å². The molecule has 166 valence electrons. The molecule has 1 atom stereocenters. The van der Waals surface area contributed by atoms with E-state index in [0.29, 0.717) is 35.7 Å². The summed E-state index contributed by atoms with van der Waals surface area (Å²) in [5.41, 5.74) is 2.63. The standard InChI is InChI=1S/C25H23FN6O/c1-3-19(30-23-17-12-15(2)13-27-22(17)28-14-29-23)24-31-20-11-7-10-18(26)21(20)25(33)32(24)16-8-5-4-6-9-16/h4-11,13-14,19H,3,12H2,1-2H3,(H2,27,28,29,30)/t19-/m0/s1. The summed E-state index contributed by atoms with van der Waals surface area (Å²) in [6, 6.07) is 13.3. The molecule has 0 saturated carbocycles. The van der Waals surface area contributed by atoms with Crippen LogP contribution in [0.1, 0.15) is 37.7 Å². The Hall–Kier alpha value is -4.07. The molecular weight excluding hydrogens is 419 g/mol. The van der Waals surface area contributed by atoms with Gasteiger partial charge in [-0.25, -0.2) is 19.3 Å². The normalized spacial score (nSPS) is 13.7. The number of hydrogen-bond donors (Lipinski definition) is 2. The van der Waals surface area contributed by atoms with E-state index < -0.39 is 11.4 Å². The van der Waals surface area contributed by atoms with Crippen molar-refractivity contribution in [3.63, 3.8) is 0 Å². The number of fused-ring (bicyclic) bond motifs is 2. The fourth-order valence-corrected chi connectivity index (χ4v) is 4.13. The van der Waals surface area contributed by atoms with Crippen molar-refractivity contribution in [3.05, 3.63) is 94.2 Å². The van der Waals surface area contributed by atoms with Crippen LogP contribution in [0.2, 0.25) is 0 Å². The molecule has 1 aliphatic heterocycles. The van der Waals surface area contributed by atoms with E-state index in [1.54, 1.807) is 12.1 Å². The Balaban J connectivity index is 1.69. The molecule has 5 rings (SSSR count). The van der Waals surface area contributed by atoms with Crippen LogP contribution in [0.4, 0.5) is 16.0 Å². The third-order valence-corrected chi connectivity index (χ3v) is 5.77. The van der Waals surface area contributed by atoms with Gasteiger partial charge in [0, 0.05) is 18.2 Å². The van der Waals surface area contributed by atoms with Gasteiger partial charge in [-0.3, -0.25) is 9.36 Å². The number of hydrogen-bond acceptors (Lipinski definition) is 6. The zero-order valence-electron chi connectivity index (χ0n) is 18.3. The highest BCUT2D eigenvalue weighted by Crippen LogP contribution is 2.30. The predicted molar refractivity (Wildman–Crippen MR) is 127 cm³/mol. The second-order valence-corrected chi connectivity index (χ2v) is 8.05. The summed E-state index contributed by atoms with van der Waals surface area (Å²) in [6.07, 6.45) is 4.77. The lowest BCUT2D eigenvalue weighted by molar-refractivity contribution is 0.629. The minimum absolute atomic E-state index is 0.0238. The third kappa shape index (κ3) is 3.73. The van der Waals surface area contributed by atoms with Gasteiger partial charge in [0.15, 0.2) is 0 Å². The van der Waals surface area contributed by atoms with Crippen molar-refractivity contribution in [2.45, 2.75) is 32.7 Å². The molecule has 0 spiro atoms. The summed E-state index contributed by atoms with van der Waals surface area (Å²) >= 11 is 0. The first-order valence-corrected chi connectivity index (χ1v) is 10.9. The van der Waals surface area contributed by atoms with Crippen molar-refractivity contribution in [1.29, 1.82) is 0 Å². The van der Waals surface area contributed by atoms with Gasteiger partial charge >= 0.3 is 0 Å². The maximum Gasteiger partial charge on any atom is 0.269 e. The predicted octanol–water partition coefficient (Wildman–Crippen LogP) is 4.75. The molecule has 7 nitrogen and oxygen atoms in total. The summed E-state index contributed by atoms with van der Waals surface area (Å²) in [6.45, 7) is 4.04. The van der Waals surface area contributed by atoms with Gasteiger partial charge in [0.1, 0.15) is 35.0 Å². The summed E-state index contributed by atoms with van der Waals surface area (Å²) in [5, 5.41) is 6.65. The molecule has 0 fully saturated rings. The molecule has 3 heterocycles. The Bertz CT molecular complexity index is 1430. The van der Waals surface area contributed by atoms with Gasteiger partial charge in [-0.1, -0.05) is 36.8 Å². The Labute approximate surface area is 190 Å². The number of nitrogens with zero attached hydrogens (tertiary/aromatic N) is 4. The maximum atomic E-state index is 14.6. The van der Waals surface area contributed by atoms with E-state index in [9.17, 15) is 9.18 Å². The van der Waals surface area contributed by atoms with E-state index >= 15 is 0 Å². The van der Waals surface area contributed by atoms with Crippen LogP contribution >= 0.6 is 0 Å². The van der Waals surface area contributed by atoms with Crippen LogP contribution in [0, 0.1) is 5.82 Å². The number of anilines is 2. The number of rotatable bonds is 5. The van der Waals surface area contributed by atoms with Gasteiger partial charge in [-0.15, -0.1) is 0 Å². The van der Waals surface area contributed by atoms with Crippen LogP contribution in [0.15, 0.2) is 71.4 Å². The summed E-state index contributed by atoms with van der Waals surface area (Å²) < 4.78 is 16.1. The van der Waals surface area contributed by atoms with Crippen molar-refractivity contribution < 1.29 is 4.39 Å². The minimum atomic E-state index is -0.583. The molecule has 2 N–H and O–H groups in total. The summed E-state index contributed by atoms with van der Waals surface area (Å²) in [7, 11) is 0. The fraction of sp³-hybridized carbons (Fsp3) is 0.200. The Kier molecular flexibility index (Phi) is 5.34. The lowest BCUT2D eigenvalue weighted by atomic mass is 10.0. The van der Waals surface area contributed by atoms with Crippen molar-refractivity contribution in [1.82, 2.24) is 19.5 Å². The SMILES string of the molecule is CC[C@H](Nc1ncnc2c1CC(C)=CN2)c1nc2cccc(F)c2c(=O)n1-c1ccccc1. The summed E-state index contributed by atoms with van der Waals surface area (Å²) in [5.74, 6) is 1.34. The monoisotopic (exact) mass is 442 g/mol. The number of benzene rings is 2. The second-order valence-electron chi connectivity index (χ2n) is 8.05. The van der Waals surface area contributed by atoms with Crippen molar-refractivity contribution in [3.8, 4) is 5.69 Å². The third-order valence-electron chi connectivity index (χ3n) is 5.77. The Morgan fingerprint density at radius 3 is 2.76 bits per heavy atom. The molecule has 0 saturated heterocycles. The molecular formula is C25H23FN6O. The fourth-order valence-electron chi connectivity index (χ4n) is 4.13. The molecule has 0 amide bonds. The molecule has 2 aromatic heterocycles. The molecule has 33 heavy (non-hydrogen) atoms. The van der Waals surface area contributed by atoms with Gasteiger partial charge < -0.3 is 10.6 Å². The van der Waals surface area contributed by atoms with E-state index in [0.717, 1.165) is 17.0 Å². The Morgan fingerprint density at radius 1 is 1.15 bits per heavy atom. The zero-order valence-corrected chi connectivity index (χ0v) is 18.3. The lowest BCUT2D eigenvalue weighted by Gasteiger charge is -2.24. The quantitative estimate of drug-likeness (QED) is 0.464. The second kappa shape index (κ2) is 8.46. The highest BCUT2D eigenvalue weighted by Gasteiger charge is 2.24. The first kappa shape index (κ1) is 20.8. The van der Waals surface area contributed by atoms with Crippen LogP contribution in [0.5, 0.6) is 0 Å². The Morgan fingerprint density at radius 2 is 1.97 bits per heavy atom.